The van der Waals surface area contributed by atoms with Gasteiger partial charge in [-0.15, -0.1) is 0 Å². The van der Waals surface area contributed by atoms with Crippen molar-refractivity contribution in [1.82, 2.24) is 9.80 Å². The predicted octanol–water partition coefficient (Wildman–Crippen LogP) is 3.22. The summed E-state index contributed by atoms with van der Waals surface area (Å²) in [7, 11) is 3.58. The highest BCUT2D eigenvalue weighted by atomic mass is 16.2. The molecule has 1 atom stereocenters. The summed E-state index contributed by atoms with van der Waals surface area (Å²) < 4.78 is 0. The molecular formula is C22H29N3O2. The second kappa shape index (κ2) is 9.33. The maximum atomic E-state index is 12.7. The van der Waals surface area contributed by atoms with Crippen LogP contribution < -0.4 is 5.32 Å². The van der Waals surface area contributed by atoms with Gasteiger partial charge in [0, 0.05) is 19.3 Å². The van der Waals surface area contributed by atoms with Gasteiger partial charge in [-0.25, -0.2) is 0 Å². The van der Waals surface area contributed by atoms with Gasteiger partial charge in [0.2, 0.25) is 11.8 Å². The van der Waals surface area contributed by atoms with Gasteiger partial charge in [0.1, 0.15) is 0 Å². The van der Waals surface area contributed by atoms with Crippen LogP contribution in [0.25, 0.3) is 0 Å². The quantitative estimate of drug-likeness (QED) is 0.817. The molecule has 0 aliphatic carbocycles. The molecule has 0 unspecified atom stereocenters. The molecule has 0 bridgehead atoms. The average Bonchev–Trinajstić information content (AvgIpc) is 2.64. The first kappa shape index (κ1) is 20.6. The fourth-order valence-electron chi connectivity index (χ4n) is 2.87. The Balaban J connectivity index is 1.91. The topological polar surface area (TPSA) is 52.7 Å². The van der Waals surface area contributed by atoms with Crippen molar-refractivity contribution >= 4 is 17.5 Å². The zero-order valence-electron chi connectivity index (χ0n) is 16.8. The number of carbonyl (C=O) groups excluding carboxylic acids is 2. The molecule has 5 heteroatoms. The lowest BCUT2D eigenvalue weighted by atomic mass is 10.1. The third-order valence-electron chi connectivity index (χ3n) is 4.72. The summed E-state index contributed by atoms with van der Waals surface area (Å²) in [6, 6.07) is 15.4. The largest absolute Gasteiger partial charge is 0.340 e. The maximum absolute atomic E-state index is 12.7. The first-order valence-electron chi connectivity index (χ1n) is 9.14. The van der Waals surface area contributed by atoms with E-state index in [9.17, 15) is 9.59 Å². The second-order valence-electron chi connectivity index (χ2n) is 7.14. The van der Waals surface area contributed by atoms with E-state index in [1.165, 1.54) is 0 Å². The van der Waals surface area contributed by atoms with E-state index in [0.29, 0.717) is 6.54 Å². The number of amides is 2. The van der Waals surface area contributed by atoms with Crippen LogP contribution >= 0.6 is 0 Å². The SMILES string of the molecule is Cc1ccc(C)c(NC(=O)CN(C)[C@@H](C)C(=O)N(C)Cc2ccccc2)c1. The highest BCUT2D eigenvalue weighted by Gasteiger charge is 2.23. The fourth-order valence-corrected chi connectivity index (χ4v) is 2.87. The molecule has 0 radical (unpaired) electrons. The summed E-state index contributed by atoms with van der Waals surface area (Å²) in [5, 5.41) is 2.94. The molecule has 0 spiro atoms. The number of carbonyl (C=O) groups is 2. The predicted molar refractivity (Wildman–Crippen MR) is 110 cm³/mol. The van der Waals surface area contributed by atoms with Gasteiger partial charge < -0.3 is 10.2 Å². The molecule has 0 heterocycles. The number of hydrogen-bond donors (Lipinski definition) is 1. The van der Waals surface area contributed by atoms with E-state index in [1.807, 2.05) is 69.3 Å². The summed E-state index contributed by atoms with van der Waals surface area (Å²) in [5.74, 6) is -0.141. The molecule has 0 fully saturated rings. The molecule has 2 rings (SSSR count). The van der Waals surface area contributed by atoms with Crippen LogP contribution in [0, 0.1) is 13.8 Å². The van der Waals surface area contributed by atoms with Gasteiger partial charge in [0.15, 0.2) is 0 Å². The molecule has 2 aromatic rings. The summed E-state index contributed by atoms with van der Waals surface area (Å²) in [5.41, 5.74) is 4.00. The average molecular weight is 367 g/mol. The Kier molecular flexibility index (Phi) is 7.13. The van der Waals surface area contributed by atoms with Crippen LogP contribution in [0.2, 0.25) is 0 Å². The zero-order valence-corrected chi connectivity index (χ0v) is 16.8. The lowest BCUT2D eigenvalue weighted by Gasteiger charge is -2.28. The molecule has 5 nitrogen and oxygen atoms in total. The minimum absolute atomic E-state index is 0.0131. The number of nitrogens with one attached hydrogen (secondary N) is 1. The maximum Gasteiger partial charge on any atom is 0.239 e. The first-order valence-corrected chi connectivity index (χ1v) is 9.14. The number of anilines is 1. The van der Waals surface area contributed by atoms with Crippen molar-refractivity contribution in [3.63, 3.8) is 0 Å². The van der Waals surface area contributed by atoms with Gasteiger partial charge in [-0.05, 0) is 50.6 Å². The van der Waals surface area contributed by atoms with Crippen molar-refractivity contribution in [2.24, 2.45) is 0 Å². The molecule has 0 saturated heterocycles. The molecule has 0 aliphatic rings. The van der Waals surface area contributed by atoms with Crippen molar-refractivity contribution in [2.45, 2.75) is 33.4 Å². The van der Waals surface area contributed by atoms with Crippen molar-refractivity contribution in [3.8, 4) is 0 Å². The van der Waals surface area contributed by atoms with Crippen molar-refractivity contribution in [2.75, 3.05) is 26.0 Å². The number of benzene rings is 2. The lowest BCUT2D eigenvalue weighted by Crippen LogP contribution is -2.46. The number of rotatable bonds is 7. The first-order chi connectivity index (χ1) is 12.8. The molecular weight excluding hydrogens is 338 g/mol. The smallest absolute Gasteiger partial charge is 0.239 e. The normalized spacial score (nSPS) is 11.9. The lowest BCUT2D eigenvalue weighted by molar-refractivity contribution is -0.135. The van der Waals surface area contributed by atoms with E-state index in [4.69, 9.17) is 0 Å². The Morgan fingerprint density at radius 1 is 1.04 bits per heavy atom. The molecule has 0 aromatic heterocycles. The molecule has 144 valence electrons. The highest BCUT2D eigenvalue weighted by Crippen LogP contribution is 2.16. The van der Waals surface area contributed by atoms with Gasteiger partial charge >= 0.3 is 0 Å². The van der Waals surface area contributed by atoms with Gasteiger partial charge in [-0.2, -0.15) is 0 Å². The Labute approximate surface area is 162 Å². The van der Waals surface area contributed by atoms with Gasteiger partial charge in [0.25, 0.3) is 0 Å². The van der Waals surface area contributed by atoms with Gasteiger partial charge in [0.05, 0.1) is 12.6 Å². The molecule has 2 amide bonds. The summed E-state index contributed by atoms with van der Waals surface area (Å²) in [6.45, 7) is 6.48. The molecule has 2 aromatic carbocycles. The van der Waals surface area contributed by atoms with Crippen LogP contribution in [0.3, 0.4) is 0 Å². The number of hydrogen-bond acceptors (Lipinski definition) is 3. The van der Waals surface area contributed by atoms with E-state index in [-0.39, 0.29) is 24.4 Å². The number of aryl methyl sites for hydroxylation is 2. The molecule has 0 saturated carbocycles. The van der Waals surface area contributed by atoms with E-state index in [1.54, 1.807) is 23.9 Å². The summed E-state index contributed by atoms with van der Waals surface area (Å²) >= 11 is 0. The minimum Gasteiger partial charge on any atom is -0.340 e. The van der Waals surface area contributed by atoms with Crippen molar-refractivity contribution in [3.05, 3.63) is 65.2 Å². The van der Waals surface area contributed by atoms with Crippen LogP contribution in [0.4, 0.5) is 5.69 Å². The summed E-state index contributed by atoms with van der Waals surface area (Å²) in [4.78, 5) is 28.5. The standard InChI is InChI=1S/C22H29N3O2/c1-16-11-12-17(2)20(13-16)23-21(26)15-24(4)18(3)22(27)25(5)14-19-9-7-6-8-10-19/h6-13,18H,14-15H2,1-5H3,(H,23,26)/t18-/m0/s1. The Hall–Kier alpha value is -2.66. The Morgan fingerprint density at radius 2 is 1.70 bits per heavy atom. The van der Waals surface area contributed by atoms with E-state index < -0.39 is 0 Å². The number of nitrogens with zero attached hydrogens (tertiary/aromatic N) is 2. The van der Waals surface area contributed by atoms with E-state index in [2.05, 4.69) is 5.32 Å². The third-order valence-corrected chi connectivity index (χ3v) is 4.72. The third kappa shape index (κ3) is 5.93. The Bertz CT molecular complexity index is 789. The highest BCUT2D eigenvalue weighted by molar-refractivity contribution is 5.93. The van der Waals surface area contributed by atoms with E-state index >= 15 is 0 Å². The monoisotopic (exact) mass is 367 g/mol. The van der Waals surface area contributed by atoms with Crippen molar-refractivity contribution in [1.29, 1.82) is 0 Å². The van der Waals surface area contributed by atoms with Crippen LogP contribution in [0.1, 0.15) is 23.6 Å². The molecule has 1 N–H and O–H groups in total. The minimum atomic E-state index is -0.386. The summed E-state index contributed by atoms with van der Waals surface area (Å²) in [6.07, 6.45) is 0. The molecule has 27 heavy (non-hydrogen) atoms. The van der Waals surface area contributed by atoms with Gasteiger partial charge in [-0.3, -0.25) is 14.5 Å². The van der Waals surface area contributed by atoms with Gasteiger partial charge in [-0.1, -0.05) is 42.5 Å². The van der Waals surface area contributed by atoms with Crippen LogP contribution in [-0.2, 0) is 16.1 Å². The fraction of sp³-hybridized carbons (Fsp3) is 0.364. The van der Waals surface area contributed by atoms with Crippen molar-refractivity contribution < 1.29 is 9.59 Å². The van der Waals surface area contributed by atoms with Crippen LogP contribution in [0.15, 0.2) is 48.5 Å². The molecule has 0 aliphatic heterocycles. The second-order valence-corrected chi connectivity index (χ2v) is 7.14. The zero-order chi connectivity index (χ0) is 20.0. The van der Waals surface area contributed by atoms with Crippen LogP contribution in [-0.4, -0.2) is 48.3 Å². The van der Waals surface area contributed by atoms with E-state index in [0.717, 1.165) is 22.4 Å². The number of likely N-dealkylation sites (N-methyl/N-ethyl adjacent to an activating group) is 2. The van der Waals surface area contributed by atoms with Crippen LogP contribution in [0.5, 0.6) is 0 Å². The Morgan fingerprint density at radius 3 is 2.37 bits per heavy atom.